The van der Waals surface area contributed by atoms with E-state index in [1.165, 1.54) is 5.56 Å². The van der Waals surface area contributed by atoms with Gasteiger partial charge < -0.3 is 5.32 Å². The van der Waals surface area contributed by atoms with Crippen molar-refractivity contribution in [3.8, 4) is 11.3 Å². The maximum Gasteiger partial charge on any atom is 0.255 e. The van der Waals surface area contributed by atoms with Crippen molar-refractivity contribution in [3.05, 3.63) is 95.0 Å². The number of fused-ring (bicyclic) bond motifs is 1. The van der Waals surface area contributed by atoms with Gasteiger partial charge in [0.2, 0.25) is 0 Å². The number of nitrogens with one attached hydrogen (secondary N) is 1. The molecule has 0 unspecified atom stereocenters. The van der Waals surface area contributed by atoms with Crippen molar-refractivity contribution < 1.29 is 4.79 Å². The van der Waals surface area contributed by atoms with Crippen molar-refractivity contribution in [2.75, 3.05) is 5.32 Å². The van der Waals surface area contributed by atoms with Crippen molar-refractivity contribution in [2.24, 2.45) is 0 Å². The Morgan fingerprint density at radius 3 is 2.63 bits per heavy atom. The highest BCUT2D eigenvalue weighted by molar-refractivity contribution is 6.31. The molecule has 0 aliphatic rings. The van der Waals surface area contributed by atoms with E-state index in [2.05, 4.69) is 30.4 Å². The van der Waals surface area contributed by atoms with Gasteiger partial charge in [0, 0.05) is 27.2 Å². The zero-order valence-electron chi connectivity index (χ0n) is 14.7. The van der Waals surface area contributed by atoms with E-state index in [-0.39, 0.29) is 5.91 Å². The molecule has 4 aromatic rings. The molecule has 3 nitrogen and oxygen atoms in total. The van der Waals surface area contributed by atoms with E-state index in [1.54, 1.807) is 24.3 Å². The molecule has 0 aliphatic carbocycles. The Hall–Kier alpha value is -3.17. The van der Waals surface area contributed by atoms with Crippen LogP contribution < -0.4 is 5.32 Å². The molecule has 1 N–H and O–H groups in total. The number of hydrogen-bond donors (Lipinski definition) is 1. The van der Waals surface area contributed by atoms with E-state index in [9.17, 15) is 4.79 Å². The Bertz CT molecular complexity index is 1150. The Labute approximate surface area is 162 Å². The summed E-state index contributed by atoms with van der Waals surface area (Å²) in [6.45, 7) is 2.07. The second kappa shape index (κ2) is 7.22. The predicted octanol–water partition coefficient (Wildman–Crippen LogP) is 6.12. The summed E-state index contributed by atoms with van der Waals surface area (Å²) in [4.78, 5) is 17.2. The van der Waals surface area contributed by atoms with E-state index in [0.29, 0.717) is 16.3 Å². The fourth-order valence-corrected chi connectivity index (χ4v) is 3.19. The summed E-state index contributed by atoms with van der Waals surface area (Å²) in [5.41, 5.74) is 5.20. The van der Waals surface area contributed by atoms with Crippen molar-refractivity contribution in [1.82, 2.24) is 4.98 Å². The van der Waals surface area contributed by atoms with Crippen LogP contribution in [0.15, 0.2) is 78.9 Å². The number of rotatable bonds is 3. The van der Waals surface area contributed by atoms with E-state index < -0.39 is 0 Å². The average Bonchev–Trinajstić information content (AvgIpc) is 2.68. The SMILES string of the molecule is Cc1ccc2nc(-c3cccc(NC(=O)c4cccc(Cl)c4)c3)ccc2c1. The van der Waals surface area contributed by atoms with Gasteiger partial charge in [-0.1, -0.05) is 47.5 Å². The van der Waals surface area contributed by atoms with Crippen LogP contribution in [0.25, 0.3) is 22.2 Å². The van der Waals surface area contributed by atoms with Crippen LogP contribution in [0.5, 0.6) is 0 Å². The molecular weight excluding hydrogens is 356 g/mol. The predicted molar refractivity (Wildman–Crippen MR) is 111 cm³/mol. The Balaban J connectivity index is 1.62. The lowest BCUT2D eigenvalue weighted by atomic mass is 10.1. The Morgan fingerprint density at radius 2 is 1.78 bits per heavy atom. The fourth-order valence-electron chi connectivity index (χ4n) is 3.00. The number of amides is 1. The van der Waals surface area contributed by atoms with Crippen molar-refractivity contribution >= 4 is 34.1 Å². The highest BCUT2D eigenvalue weighted by atomic mass is 35.5. The molecule has 0 saturated heterocycles. The maximum atomic E-state index is 12.4. The molecular formula is C23H17ClN2O. The topological polar surface area (TPSA) is 42.0 Å². The van der Waals surface area contributed by atoms with Gasteiger partial charge in [0.15, 0.2) is 0 Å². The van der Waals surface area contributed by atoms with Gasteiger partial charge in [-0.3, -0.25) is 4.79 Å². The van der Waals surface area contributed by atoms with Crippen molar-refractivity contribution in [1.29, 1.82) is 0 Å². The van der Waals surface area contributed by atoms with Crippen molar-refractivity contribution in [3.63, 3.8) is 0 Å². The minimum Gasteiger partial charge on any atom is -0.322 e. The van der Waals surface area contributed by atoms with Gasteiger partial charge in [0.05, 0.1) is 11.2 Å². The fraction of sp³-hybridized carbons (Fsp3) is 0.0435. The highest BCUT2D eigenvalue weighted by Gasteiger charge is 2.08. The number of aromatic nitrogens is 1. The number of carbonyl (C=O) groups excluding carboxylic acids is 1. The third-order valence-corrected chi connectivity index (χ3v) is 4.58. The zero-order chi connectivity index (χ0) is 18.8. The van der Waals surface area contributed by atoms with E-state index >= 15 is 0 Å². The standard InChI is InChI=1S/C23H17ClN2O/c1-15-8-10-21-17(12-15)9-11-22(26-21)16-4-3-7-20(14-16)25-23(27)18-5-2-6-19(24)13-18/h2-14H,1H3,(H,25,27). The summed E-state index contributed by atoms with van der Waals surface area (Å²) in [5, 5.41) is 4.56. The summed E-state index contributed by atoms with van der Waals surface area (Å²) < 4.78 is 0. The van der Waals surface area contributed by atoms with Crippen LogP contribution in [0.3, 0.4) is 0 Å². The zero-order valence-corrected chi connectivity index (χ0v) is 15.5. The lowest BCUT2D eigenvalue weighted by Crippen LogP contribution is -2.11. The largest absolute Gasteiger partial charge is 0.322 e. The second-order valence-corrected chi connectivity index (χ2v) is 6.87. The molecule has 0 atom stereocenters. The van der Waals surface area contributed by atoms with Gasteiger partial charge in [-0.2, -0.15) is 0 Å². The molecule has 0 bridgehead atoms. The lowest BCUT2D eigenvalue weighted by Gasteiger charge is -2.09. The molecule has 3 aromatic carbocycles. The molecule has 0 aliphatic heterocycles. The number of benzene rings is 3. The van der Waals surface area contributed by atoms with Crippen LogP contribution in [0, 0.1) is 6.92 Å². The second-order valence-electron chi connectivity index (χ2n) is 6.44. The molecule has 1 heterocycles. The molecule has 1 aromatic heterocycles. The summed E-state index contributed by atoms with van der Waals surface area (Å²) in [5.74, 6) is -0.198. The average molecular weight is 373 g/mol. The van der Waals surface area contributed by atoms with Gasteiger partial charge in [-0.15, -0.1) is 0 Å². The van der Waals surface area contributed by atoms with Crippen LogP contribution in [0.1, 0.15) is 15.9 Å². The smallest absolute Gasteiger partial charge is 0.255 e. The van der Waals surface area contributed by atoms with Gasteiger partial charge in [0.25, 0.3) is 5.91 Å². The van der Waals surface area contributed by atoms with E-state index in [1.807, 2.05) is 36.4 Å². The molecule has 0 spiro atoms. The monoisotopic (exact) mass is 372 g/mol. The third-order valence-electron chi connectivity index (χ3n) is 4.35. The summed E-state index contributed by atoms with van der Waals surface area (Å²) in [6, 6.07) is 24.8. The van der Waals surface area contributed by atoms with Crippen LogP contribution in [-0.4, -0.2) is 10.9 Å². The van der Waals surface area contributed by atoms with Crippen LogP contribution >= 0.6 is 11.6 Å². The molecule has 0 radical (unpaired) electrons. The number of aryl methyl sites for hydroxylation is 1. The van der Waals surface area contributed by atoms with E-state index in [4.69, 9.17) is 16.6 Å². The van der Waals surface area contributed by atoms with Gasteiger partial charge >= 0.3 is 0 Å². The first-order valence-corrected chi connectivity index (χ1v) is 9.01. The van der Waals surface area contributed by atoms with Crippen LogP contribution in [0.4, 0.5) is 5.69 Å². The molecule has 4 rings (SSSR count). The summed E-state index contributed by atoms with van der Waals surface area (Å²) in [7, 11) is 0. The van der Waals surface area contributed by atoms with Gasteiger partial charge in [0.1, 0.15) is 0 Å². The normalized spacial score (nSPS) is 10.7. The first-order chi connectivity index (χ1) is 13.1. The first-order valence-electron chi connectivity index (χ1n) is 8.63. The van der Waals surface area contributed by atoms with E-state index in [0.717, 1.165) is 22.2 Å². The molecule has 4 heteroatoms. The van der Waals surface area contributed by atoms with Gasteiger partial charge in [-0.05, 0) is 55.5 Å². The Morgan fingerprint density at radius 1 is 0.926 bits per heavy atom. The Kier molecular flexibility index (Phi) is 4.61. The number of halogens is 1. The number of carbonyl (C=O) groups is 1. The molecule has 132 valence electrons. The van der Waals surface area contributed by atoms with Crippen LogP contribution in [0.2, 0.25) is 5.02 Å². The third kappa shape index (κ3) is 3.83. The van der Waals surface area contributed by atoms with Crippen molar-refractivity contribution in [2.45, 2.75) is 6.92 Å². The molecule has 1 amide bonds. The molecule has 0 saturated carbocycles. The minimum absolute atomic E-state index is 0.198. The number of anilines is 1. The quantitative estimate of drug-likeness (QED) is 0.471. The maximum absolute atomic E-state index is 12.4. The first kappa shape index (κ1) is 17.3. The molecule has 0 fully saturated rings. The number of pyridine rings is 1. The minimum atomic E-state index is -0.198. The lowest BCUT2D eigenvalue weighted by molar-refractivity contribution is 0.102. The van der Waals surface area contributed by atoms with Gasteiger partial charge in [-0.25, -0.2) is 4.98 Å². The number of hydrogen-bond acceptors (Lipinski definition) is 2. The summed E-state index contributed by atoms with van der Waals surface area (Å²) >= 11 is 5.97. The van der Waals surface area contributed by atoms with Crippen LogP contribution in [-0.2, 0) is 0 Å². The highest BCUT2D eigenvalue weighted by Crippen LogP contribution is 2.24. The molecule has 27 heavy (non-hydrogen) atoms. The number of nitrogens with zero attached hydrogens (tertiary/aromatic N) is 1. The summed E-state index contributed by atoms with van der Waals surface area (Å²) in [6.07, 6.45) is 0.